The number of hydrogen-bond donors (Lipinski definition) is 1. The van der Waals surface area contributed by atoms with Crippen LogP contribution in [-0.4, -0.2) is 70.4 Å². The molecular weight excluding hydrogens is 356 g/mol. The second-order valence-corrected chi connectivity index (χ2v) is 6.07. The van der Waals surface area contributed by atoms with Gasteiger partial charge in [0.1, 0.15) is 11.9 Å². The number of piperidine rings is 1. The smallest absolute Gasteiger partial charge is 0.162 e. The van der Waals surface area contributed by atoms with Gasteiger partial charge in [-0.25, -0.2) is 0 Å². The Balaban J connectivity index is 0.00000171. The van der Waals surface area contributed by atoms with Crippen LogP contribution < -0.4 is 10.5 Å². The number of ketones is 1. The summed E-state index contributed by atoms with van der Waals surface area (Å²) in [6, 6.07) is 7.51. The molecule has 6 heteroatoms. The van der Waals surface area contributed by atoms with Crippen LogP contribution in [0, 0.1) is 0 Å². The van der Waals surface area contributed by atoms with E-state index in [0.29, 0.717) is 19.6 Å². The van der Waals surface area contributed by atoms with Crippen molar-refractivity contribution in [1.82, 2.24) is 4.90 Å². The second-order valence-electron chi connectivity index (χ2n) is 6.07. The molecule has 0 radical (unpaired) electrons. The molecule has 0 aliphatic carbocycles. The normalized spacial score (nSPS) is 14.4. The molecule has 162 valence electrons. The van der Waals surface area contributed by atoms with E-state index in [1.165, 1.54) is 7.05 Å². The molecule has 1 aliphatic heterocycles. The Morgan fingerprint density at radius 2 is 1.68 bits per heavy atom. The number of Topliss-reactive ketones (excluding diaryl/α,β-unsaturated/α-hetero) is 1. The second kappa shape index (κ2) is 17.6. The predicted octanol–water partition coefficient (Wildman–Crippen LogP) is 3.39. The van der Waals surface area contributed by atoms with Crippen molar-refractivity contribution in [3.8, 4) is 5.75 Å². The van der Waals surface area contributed by atoms with Gasteiger partial charge in [0, 0.05) is 38.7 Å². The molecule has 0 amide bonds. The van der Waals surface area contributed by atoms with Crippen LogP contribution in [0.5, 0.6) is 5.75 Å². The van der Waals surface area contributed by atoms with Crippen LogP contribution in [0.25, 0.3) is 0 Å². The van der Waals surface area contributed by atoms with E-state index in [-0.39, 0.29) is 11.9 Å². The molecule has 2 rings (SSSR count). The van der Waals surface area contributed by atoms with Gasteiger partial charge in [0.2, 0.25) is 0 Å². The highest BCUT2D eigenvalue weighted by Gasteiger charge is 2.20. The number of nitrogens with zero attached hydrogens (tertiary/aromatic N) is 1. The average molecular weight is 397 g/mol. The molecule has 1 fully saturated rings. The molecule has 0 unspecified atom stereocenters. The van der Waals surface area contributed by atoms with Crippen LogP contribution in [0.3, 0.4) is 0 Å². The van der Waals surface area contributed by atoms with Crippen LogP contribution in [0.15, 0.2) is 24.3 Å². The zero-order valence-corrected chi connectivity index (χ0v) is 18.4. The molecule has 0 atom stereocenters. The van der Waals surface area contributed by atoms with Crippen molar-refractivity contribution >= 4 is 5.78 Å². The molecule has 1 aromatic rings. The van der Waals surface area contributed by atoms with Gasteiger partial charge in [-0.15, -0.1) is 0 Å². The predicted molar refractivity (Wildman–Crippen MR) is 115 cm³/mol. The Morgan fingerprint density at radius 3 is 2.21 bits per heavy atom. The molecule has 28 heavy (non-hydrogen) atoms. The summed E-state index contributed by atoms with van der Waals surface area (Å²) in [7, 11) is 3.18. The summed E-state index contributed by atoms with van der Waals surface area (Å²) < 4.78 is 16.5. The van der Waals surface area contributed by atoms with E-state index < -0.39 is 0 Å². The lowest BCUT2D eigenvalue weighted by Gasteiger charge is -2.32. The minimum atomic E-state index is 0.169. The monoisotopic (exact) mass is 396 g/mol. The summed E-state index contributed by atoms with van der Waals surface area (Å²) >= 11 is 0. The van der Waals surface area contributed by atoms with Crippen molar-refractivity contribution in [2.75, 3.05) is 53.6 Å². The SMILES string of the molecule is CC.CCC(=O)c1ccc(OC2CCN(CCOCCOC)CC2)cc1.CN. The molecular formula is C22H40N2O4. The van der Waals surface area contributed by atoms with E-state index in [4.69, 9.17) is 14.2 Å². The van der Waals surface area contributed by atoms with Crippen LogP contribution in [0.1, 0.15) is 50.4 Å². The zero-order chi connectivity index (χ0) is 21.2. The Bertz CT molecular complexity index is 486. The van der Waals surface area contributed by atoms with Gasteiger partial charge in [0.05, 0.1) is 19.8 Å². The third-order valence-corrected chi connectivity index (χ3v) is 4.32. The third-order valence-electron chi connectivity index (χ3n) is 4.32. The van der Waals surface area contributed by atoms with E-state index in [1.807, 2.05) is 45.0 Å². The summed E-state index contributed by atoms with van der Waals surface area (Å²) in [5, 5.41) is 0. The molecule has 1 heterocycles. The summed E-state index contributed by atoms with van der Waals surface area (Å²) in [6.45, 7) is 11.0. The van der Waals surface area contributed by atoms with Crippen molar-refractivity contribution in [2.24, 2.45) is 5.73 Å². The molecule has 1 saturated heterocycles. The maximum Gasteiger partial charge on any atom is 0.162 e. The van der Waals surface area contributed by atoms with Gasteiger partial charge < -0.3 is 24.8 Å². The van der Waals surface area contributed by atoms with Gasteiger partial charge in [0.15, 0.2) is 5.78 Å². The summed E-state index contributed by atoms with van der Waals surface area (Å²) in [5.74, 6) is 1.02. The maximum absolute atomic E-state index is 11.6. The topological polar surface area (TPSA) is 74.0 Å². The molecule has 2 N–H and O–H groups in total. The molecule has 0 aromatic heterocycles. The van der Waals surface area contributed by atoms with Crippen LogP contribution >= 0.6 is 0 Å². The quantitative estimate of drug-likeness (QED) is 0.483. The number of nitrogens with two attached hydrogens (primary N) is 1. The number of hydrogen-bond acceptors (Lipinski definition) is 6. The standard InChI is InChI=1S/C19H29NO4.C2H6.CH5N/c1-3-19(21)16-4-6-17(7-5-16)24-18-8-10-20(11-9-18)12-13-23-15-14-22-2;2*1-2/h4-7,18H,3,8-15H2,1-2H3;1-2H3;2H2,1H3. The van der Waals surface area contributed by atoms with Gasteiger partial charge in [-0.2, -0.15) is 0 Å². The fraction of sp³-hybridized carbons (Fsp3) is 0.682. The lowest BCUT2D eigenvalue weighted by atomic mass is 10.1. The molecule has 1 aliphatic rings. The molecule has 1 aromatic carbocycles. The zero-order valence-electron chi connectivity index (χ0n) is 18.4. The molecule has 6 nitrogen and oxygen atoms in total. The van der Waals surface area contributed by atoms with Gasteiger partial charge in [0.25, 0.3) is 0 Å². The fourth-order valence-electron chi connectivity index (χ4n) is 2.80. The van der Waals surface area contributed by atoms with Gasteiger partial charge in [-0.3, -0.25) is 4.79 Å². The van der Waals surface area contributed by atoms with Crippen molar-refractivity contribution in [2.45, 2.75) is 46.1 Å². The van der Waals surface area contributed by atoms with E-state index >= 15 is 0 Å². The van der Waals surface area contributed by atoms with E-state index in [2.05, 4.69) is 10.6 Å². The van der Waals surface area contributed by atoms with Crippen LogP contribution in [-0.2, 0) is 9.47 Å². The average Bonchev–Trinajstić information content (AvgIpc) is 2.77. The van der Waals surface area contributed by atoms with Crippen LogP contribution in [0.4, 0.5) is 0 Å². The van der Waals surface area contributed by atoms with E-state index in [9.17, 15) is 4.79 Å². The first-order chi connectivity index (χ1) is 13.7. The minimum absolute atomic E-state index is 0.169. The van der Waals surface area contributed by atoms with Gasteiger partial charge in [-0.1, -0.05) is 20.8 Å². The lowest BCUT2D eigenvalue weighted by Crippen LogP contribution is -2.39. The van der Waals surface area contributed by atoms with Crippen molar-refractivity contribution in [3.05, 3.63) is 29.8 Å². The first-order valence-electron chi connectivity index (χ1n) is 10.4. The first kappa shape index (κ1) is 26.5. The molecule has 0 spiro atoms. The Labute approximate surface area is 171 Å². The largest absolute Gasteiger partial charge is 0.490 e. The number of carbonyl (C=O) groups is 1. The summed E-state index contributed by atoms with van der Waals surface area (Å²) in [6.07, 6.45) is 2.83. The highest BCUT2D eigenvalue weighted by Crippen LogP contribution is 2.20. The van der Waals surface area contributed by atoms with E-state index in [1.54, 1.807) is 7.11 Å². The number of ether oxygens (including phenoxy) is 3. The third kappa shape index (κ3) is 10.8. The maximum atomic E-state index is 11.6. The Morgan fingerprint density at radius 1 is 1.07 bits per heavy atom. The van der Waals surface area contributed by atoms with Crippen molar-refractivity contribution in [1.29, 1.82) is 0 Å². The number of likely N-dealkylation sites (tertiary alicyclic amines) is 1. The number of rotatable bonds is 10. The molecule has 0 saturated carbocycles. The van der Waals surface area contributed by atoms with Crippen molar-refractivity contribution in [3.63, 3.8) is 0 Å². The van der Waals surface area contributed by atoms with E-state index in [0.717, 1.165) is 50.4 Å². The Hall–Kier alpha value is -1.47. The number of carbonyl (C=O) groups excluding carboxylic acids is 1. The van der Waals surface area contributed by atoms with Gasteiger partial charge >= 0.3 is 0 Å². The van der Waals surface area contributed by atoms with Gasteiger partial charge in [-0.05, 0) is 44.2 Å². The summed E-state index contributed by atoms with van der Waals surface area (Å²) in [4.78, 5) is 14.0. The first-order valence-corrected chi connectivity index (χ1v) is 10.4. The van der Waals surface area contributed by atoms with Crippen molar-refractivity contribution < 1.29 is 19.0 Å². The fourth-order valence-corrected chi connectivity index (χ4v) is 2.80. The summed E-state index contributed by atoms with van der Waals surface area (Å²) in [5.41, 5.74) is 5.26. The highest BCUT2D eigenvalue weighted by molar-refractivity contribution is 5.95. The number of benzene rings is 1. The lowest BCUT2D eigenvalue weighted by molar-refractivity contribution is 0.0424. The number of methoxy groups -OCH3 is 1. The Kier molecular flexibility index (Phi) is 16.7. The van der Waals surface area contributed by atoms with Crippen LogP contribution in [0.2, 0.25) is 0 Å². The molecule has 0 bridgehead atoms. The highest BCUT2D eigenvalue weighted by atomic mass is 16.5. The minimum Gasteiger partial charge on any atom is -0.490 e.